The Morgan fingerprint density at radius 2 is 1.90 bits per heavy atom. The highest BCUT2D eigenvalue weighted by molar-refractivity contribution is 5.86. The standard InChI is InChI=1S/C21H34N4O.3ClH/c1-18-6-4-8-20(16-18)25-14-12-24(13-15-25)11-3-2-10-23-21(26)19-7-5-9-22-17-19;;;/h4,6,8,16,19,22H,2-3,5,7,9-15,17H2,1H3,(H,23,26);3*1H. The minimum atomic E-state index is 0. The van der Waals surface area contributed by atoms with Crippen LogP contribution in [-0.4, -0.2) is 63.2 Å². The van der Waals surface area contributed by atoms with Crippen molar-refractivity contribution in [2.24, 2.45) is 5.92 Å². The van der Waals surface area contributed by atoms with Crippen LogP contribution in [0.5, 0.6) is 0 Å². The third-order valence-electron chi connectivity index (χ3n) is 5.61. The van der Waals surface area contributed by atoms with Gasteiger partial charge in [-0.25, -0.2) is 0 Å². The van der Waals surface area contributed by atoms with Gasteiger partial charge in [0.1, 0.15) is 0 Å². The molecule has 3 rings (SSSR count). The number of nitrogens with one attached hydrogen (secondary N) is 2. The predicted octanol–water partition coefficient (Wildman–Crippen LogP) is 3.28. The fraction of sp³-hybridized carbons (Fsp3) is 0.667. The summed E-state index contributed by atoms with van der Waals surface area (Å²) in [5.74, 6) is 0.419. The fourth-order valence-corrected chi connectivity index (χ4v) is 3.95. The lowest BCUT2D eigenvalue weighted by molar-refractivity contribution is -0.125. The molecule has 8 heteroatoms. The van der Waals surface area contributed by atoms with Crippen molar-refractivity contribution in [3.8, 4) is 0 Å². The van der Waals surface area contributed by atoms with Gasteiger partial charge in [0.15, 0.2) is 0 Å². The molecule has 168 valence electrons. The summed E-state index contributed by atoms with van der Waals surface area (Å²) in [6.45, 7) is 10.5. The van der Waals surface area contributed by atoms with E-state index in [0.717, 1.165) is 78.0 Å². The van der Waals surface area contributed by atoms with E-state index in [9.17, 15) is 4.79 Å². The first-order chi connectivity index (χ1) is 12.7. The van der Waals surface area contributed by atoms with Gasteiger partial charge in [-0.3, -0.25) is 9.69 Å². The van der Waals surface area contributed by atoms with E-state index >= 15 is 0 Å². The Bertz CT molecular complexity index is 577. The number of aryl methyl sites for hydroxylation is 1. The normalized spacial score (nSPS) is 19.3. The van der Waals surface area contributed by atoms with Crippen LogP contribution in [-0.2, 0) is 4.79 Å². The van der Waals surface area contributed by atoms with Crippen molar-refractivity contribution in [1.29, 1.82) is 0 Å². The average Bonchev–Trinajstić information content (AvgIpc) is 2.69. The number of piperidine rings is 1. The summed E-state index contributed by atoms with van der Waals surface area (Å²) < 4.78 is 0. The van der Waals surface area contributed by atoms with Crippen molar-refractivity contribution in [3.05, 3.63) is 29.8 Å². The minimum Gasteiger partial charge on any atom is -0.369 e. The number of anilines is 1. The number of carbonyl (C=O) groups is 1. The second kappa shape index (κ2) is 15.1. The largest absolute Gasteiger partial charge is 0.369 e. The van der Waals surface area contributed by atoms with Crippen LogP contribution in [0.2, 0.25) is 0 Å². The molecule has 0 spiro atoms. The van der Waals surface area contributed by atoms with Gasteiger partial charge in [0.05, 0.1) is 5.92 Å². The van der Waals surface area contributed by atoms with E-state index in [1.807, 2.05) is 0 Å². The van der Waals surface area contributed by atoms with Crippen molar-refractivity contribution < 1.29 is 4.79 Å². The van der Waals surface area contributed by atoms with Crippen LogP contribution in [0.3, 0.4) is 0 Å². The van der Waals surface area contributed by atoms with E-state index in [0.29, 0.717) is 0 Å². The van der Waals surface area contributed by atoms with Gasteiger partial charge in [0, 0.05) is 45.0 Å². The molecule has 1 atom stereocenters. The average molecular weight is 468 g/mol. The lowest BCUT2D eigenvalue weighted by Gasteiger charge is -2.36. The molecule has 0 bridgehead atoms. The third-order valence-corrected chi connectivity index (χ3v) is 5.61. The molecule has 2 N–H and O–H groups in total. The number of nitrogens with zero attached hydrogens (tertiary/aromatic N) is 2. The topological polar surface area (TPSA) is 47.6 Å². The van der Waals surface area contributed by atoms with Gasteiger partial charge in [-0.05, 0) is 63.4 Å². The van der Waals surface area contributed by atoms with Crippen LogP contribution in [0.4, 0.5) is 5.69 Å². The molecule has 2 saturated heterocycles. The molecule has 0 radical (unpaired) electrons. The van der Waals surface area contributed by atoms with Gasteiger partial charge in [-0.2, -0.15) is 0 Å². The third kappa shape index (κ3) is 9.31. The zero-order valence-electron chi connectivity index (χ0n) is 17.4. The van der Waals surface area contributed by atoms with E-state index in [4.69, 9.17) is 0 Å². The van der Waals surface area contributed by atoms with E-state index in [-0.39, 0.29) is 49.0 Å². The second-order valence-electron chi connectivity index (χ2n) is 7.71. The highest BCUT2D eigenvalue weighted by Gasteiger charge is 2.20. The van der Waals surface area contributed by atoms with Crippen LogP contribution in [0.1, 0.15) is 31.2 Å². The van der Waals surface area contributed by atoms with Gasteiger partial charge < -0.3 is 15.5 Å². The number of hydrogen-bond donors (Lipinski definition) is 2. The van der Waals surface area contributed by atoms with E-state index in [1.54, 1.807) is 0 Å². The molecular formula is C21H37Cl3N4O. The molecule has 2 fully saturated rings. The number of rotatable bonds is 7. The lowest BCUT2D eigenvalue weighted by atomic mass is 9.99. The Balaban J connectivity index is 0.00000261. The number of benzene rings is 1. The van der Waals surface area contributed by atoms with Gasteiger partial charge in [-0.1, -0.05) is 12.1 Å². The summed E-state index contributed by atoms with van der Waals surface area (Å²) in [5.41, 5.74) is 2.68. The number of amides is 1. The molecule has 1 aromatic carbocycles. The molecule has 2 heterocycles. The van der Waals surface area contributed by atoms with Crippen LogP contribution in [0.15, 0.2) is 24.3 Å². The molecule has 0 saturated carbocycles. The molecule has 2 aliphatic heterocycles. The first kappa shape index (κ1) is 28.3. The van der Waals surface area contributed by atoms with Crippen molar-refractivity contribution in [3.63, 3.8) is 0 Å². The predicted molar refractivity (Wildman–Crippen MR) is 129 cm³/mol. The number of unbranched alkanes of at least 4 members (excludes halogenated alkanes) is 1. The Morgan fingerprint density at radius 3 is 2.55 bits per heavy atom. The zero-order chi connectivity index (χ0) is 18.2. The molecule has 0 aliphatic carbocycles. The molecule has 2 aliphatic rings. The molecule has 0 aromatic heterocycles. The molecule has 29 heavy (non-hydrogen) atoms. The summed E-state index contributed by atoms with van der Waals surface area (Å²) in [6.07, 6.45) is 4.38. The highest BCUT2D eigenvalue weighted by Crippen LogP contribution is 2.18. The number of hydrogen-bond acceptors (Lipinski definition) is 4. The number of carbonyl (C=O) groups excluding carboxylic acids is 1. The number of piperazine rings is 1. The Kier molecular flexibility index (Phi) is 14.8. The monoisotopic (exact) mass is 466 g/mol. The van der Waals surface area contributed by atoms with Gasteiger partial charge >= 0.3 is 0 Å². The van der Waals surface area contributed by atoms with E-state index in [1.165, 1.54) is 11.3 Å². The maximum atomic E-state index is 12.1. The van der Waals surface area contributed by atoms with E-state index in [2.05, 4.69) is 51.6 Å². The summed E-state index contributed by atoms with van der Waals surface area (Å²) in [7, 11) is 0. The van der Waals surface area contributed by atoms with Crippen molar-refractivity contribution in [2.75, 3.05) is 57.3 Å². The van der Waals surface area contributed by atoms with Crippen LogP contribution in [0, 0.1) is 12.8 Å². The second-order valence-corrected chi connectivity index (χ2v) is 7.71. The lowest BCUT2D eigenvalue weighted by Crippen LogP contribution is -2.46. The fourth-order valence-electron chi connectivity index (χ4n) is 3.95. The van der Waals surface area contributed by atoms with Crippen LogP contribution >= 0.6 is 37.2 Å². The molecule has 1 unspecified atom stereocenters. The summed E-state index contributed by atoms with van der Waals surface area (Å²) in [6, 6.07) is 8.80. The quantitative estimate of drug-likeness (QED) is 0.604. The Labute approximate surface area is 194 Å². The first-order valence-electron chi connectivity index (χ1n) is 10.2. The minimum absolute atomic E-state index is 0. The molecule has 5 nitrogen and oxygen atoms in total. The number of halogens is 3. The van der Waals surface area contributed by atoms with E-state index < -0.39 is 0 Å². The van der Waals surface area contributed by atoms with Crippen LogP contribution in [0.25, 0.3) is 0 Å². The van der Waals surface area contributed by atoms with Crippen molar-refractivity contribution in [1.82, 2.24) is 15.5 Å². The summed E-state index contributed by atoms with van der Waals surface area (Å²) >= 11 is 0. The van der Waals surface area contributed by atoms with Gasteiger partial charge in [0.2, 0.25) is 5.91 Å². The SMILES string of the molecule is Cc1cccc(N2CCN(CCCCNC(=O)C3CCCNC3)CC2)c1.Cl.Cl.Cl. The van der Waals surface area contributed by atoms with Gasteiger partial charge in [-0.15, -0.1) is 37.2 Å². The maximum absolute atomic E-state index is 12.1. The highest BCUT2D eigenvalue weighted by atomic mass is 35.5. The summed E-state index contributed by atoms with van der Waals surface area (Å²) in [5, 5.41) is 6.43. The smallest absolute Gasteiger partial charge is 0.224 e. The van der Waals surface area contributed by atoms with Gasteiger partial charge in [0.25, 0.3) is 0 Å². The zero-order valence-corrected chi connectivity index (χ0v) is 19.8. The molecule has 1 aromatic rings. The van der Waals surface area contributed by atoms with Crippen molar-refractivity contribution >= 4 is 48.8 Å². The van der Waals surface area contributed by atoms with Crippen LogP contribution < -0.4 is 15.5 Å². The molecular weight excluding hydrogens is 431 g/mol. The molecule has 1 amide bonds. The Morgan fingerprint density at radius 1 is 1.14 bits per heavy atom. The maximum Gasteiger partial charge on any atom is 0.224 e. The summed E-state index contributed by atoms with van der Waals surface area (Å²) in [4.78, 5) is 17.1. The first-order valence-corrected chi connectivity index (χ1v) is 10.2. The Hall–Kier alpha value is -0.720. The van der Waals surface area contributed by atoms with Crippen molar-refractivity contribution in [2.45, 2.75) is 32.6 Å².